The van der Waals surface area contributed by atoms with Gasteiger partial charge in [0.15, 0.2) is 0 Å². The molecule has 1 aromatic carbocycles. The van der Waals surface area contributed by atoms with Crippen molar-refractivity contribution in [2.45, 2.75) is 25.9 Å². The van der Waals surface area contributed by atoms with Gasteiger partial charge in [-0.25, -0.2) is 4.98 Å². The number of carbonyl (C=O) groups excluding carboxylic acids is 2. The van der Waals surface area contributed by atoms with E-state index < -0.39 is 0 Å². The molecular formula is C17H20N4O2. The summed E-state index contributed by atoms with van der Waals surface area (Å²) in [4.78, 5) is 29.8. The van der Waals surface area contributed by atoms with Crippen LogP contribution in [-0.4, -0.2) is 32.8 Å². The van der Waals surface area contributed by atoms with Gasteiger partial charge in [0.2, 0.25) is 5.91 Å². The maximum atomic E-state index is 12.2. The van der Waals surface area contributed by atoms with Gasteiger partial charge in [0.1, 0.15) is 5.69 Å². The van der Waals surface area contributed by atoms with Crippen LogP contribution < -0.4 is 5.32 Å². The highest BCUT2D eigenvalue weighted by atomic mass is 16.2. The number of aryl methyl sites for hydroxylation is 1. The van der Waals surface area contributed by atoms with Gasteiger partial charge in [0.25, 0.3) is 5.91 Å². The van der Waals surface area contributed by atoms with Gasteiger partial charge in [-0.3, -0.25) is 9.59 Å². The molecule has 0 radical (unpaired) electrons. The van der Waals surface area contributed by atoms with Crippen LogP contribution in [0.3, 0.4) is 0 Å². The fourth-order valence-corrected chi connectivity index (χ4v) is 2.80. The summed E-state index contributed by atoms with van der Waals surface area (Å²) in [6, 6.07) is 7.90. The van der Waals surface area contributed by atoms with E-state index in [-0.39, 0.29) is 11.8 Å². The highest BCUT2D eigenvalue weighted by Gasteiger charge is 2.21. The maximum Gasteiger partial charge on any atom is 0.269 e. The summed E-state index contributed by atoms with van der Waals surface area (Å²) in [5.74, 6) is 0.0516. The molecule has 0 spiro atoms. The van der Waals surface area contributed by atoms with Gasteiger partial charge in [-0.2, -0.15) is 0 Å². The normalized spacial score (nSPS) is 14.3. The Bertz CT molecular complexity index is 723. The standard InChI is InChI=1S/C17H20N4O2/c1-20-12-18-10-15(20)17(23)19-9-13-5-2-3-6-14(13)11-21-8-4-7-16(21)22/h2-3,5-6,10,12H,4,7-9,11H2,1H3,(H,19,23). The van der Waals surface area contributed by atoms with E-state index in [9.17, 15) is 9.59 Å². The van der Waals surface area contributed by atoms with Gasteiger partial charge >= 0.3 is 0 Å². The molecule has 0 unspecified atom stereocenters. The first kappa shape index (κ1) is 15.3. The number of rotatable bonds is 5. The van der Waals surface area contributed by atoms with Gasteiger partial charge in [-0.1, -0.05) is 24.3 Å². The van der Waals surface area contributed by atoms with Crippen molar-refractivity contribution in [1.29, 1.82) is 0 Å². The monoisotopic (exact) mass is 312 g/mol. The third kappa shape index (κ3) is 3.41. The summed E-state index contributed by atoms with van der Waals surface area (Å²) in [6.45, 7) is 1.85. The average Bonchev–Trinajstić information content (AvgIpc) is 3.15. The fourth-order valence-electron chi connectivity index (χ4n) is 2.80. The van der Waals surface area contributed by atoms with Crippen molar-refractivity contribution in [3.8, 4) is 0 Å². The number of likely N-dealkylation sites (tertiary alicyclic amines) is 1. The SMILES string of the molecule is Cn1cncc1C(=O)NCc1ccccc1CN1CCCC1=O. The highest BCUT2D eigenvalue weighted by Crippen LogP contribution is 2.17. The molecule has 3 rings (SSSR count). The van der Waals surface area contributed by atoms with Crippen molar-refractivity contribution in [3.05, 3.63) is 53.6 Å². The Kier molecular flexibility index (Phi) is 4.41. The second-order valence-electron chi connectivity index (χ2n) is 5.76. The molecular weight excluding hydrogens is 292 g/mol. The number of amides is 2. The molecule has 1 fully saturated rings. The lowest BCUT2D eigenvalue weighted by Crippen LogP contribution is -2.27. The first-order valence-electron chi connectivity index (χ1n) is 7.74. The molecule has 1 N–H and O–H groups in total. The number of nitrogens with one attached hydrogen (secondary N) is 1. The van der Waals surface area contributed by atoms with E-state index >= 15 is 0 Å². The number of imidazole rings is 1. The van der Waals surface area contributed by atoms with Crippen molar-refractivity contribution in [2.24, 2.45) is 7.05 Å². The van der Waals surface area contributed by atoms with Crippen molar-refractivity contribution in [2.75, 3.05) is 6.54 Å². The third-order valence-corrected chi connectivity index (χ3v) is 4.14. The number of nitrogens with zero attached hydrogens (tertiary/aromatic N) is 3. The molecule has 1 saturated heterocycles. The quantitative estimate of drug-likeness (QED) is 0.909. The first-order valence-corrected chi connectivity index (χ1v) is 7.74. The Balaban J connectivity index is 1.67. The van der Waals surface area contributed by atoms with Crippen LogP contribution in [0, 0.1) is 0 Å². The van der Waals surface area contributed by atoms with Gasteiger partial charge < -0.3 is 14.8 Å². The lowest BCUT2D eigenvalue weighted by molar-refractivity contribution is -0.128. The third-order valence-electron chi connectivity index (χ3n) is 4.14. The molecule has 120 valence electrons. The van der Waals surface area contributed by atoms with Gasteiger partial charge in [-0.05, 0) is 17.5 Å². The Morgan fingerprint density at radius 1 is 1.30 bits per heavy atom. The average molecular weight is 312 g/mol. The largest absolute Gasteiger partial charge is 0.347 e. The van der Waals surface area contributed by atoms with E-state index in [0.29, 0.717) is 25.2 Å². The molecule has 23 heavy (non-hydrogen) atoms. The van der Waals surface area contributed by atoms with Crippen LogP contribution >= 0.6 is 0 Å². The molecule has 2 amide bonds. The Hall–Kier alpha value is -2.63. The molecule has 1 aliphatic rings. The molecule has 2 aromatic rings. The van der Waals surface area contributed by atoms with E-state index in [1.54, 1.807) is 24.1 Å². The Morgan fingerprint density at radius 3 is 2.74 bits per heavy atom. The van der Waals surface area contributed by atoms with Gasteiger partial charge in [-0.15, -0.1) is 0 Å². The highest BCUT2D eigenvalue weighted by molar-refractivity contribution is 5.92. The van der Waals surface area contributed by atoms with Crippen LogP contribution in [0.2, 0.25) is 0 Å². The van der Waals surface area contributed by atoms with Crippen LogP contribution in [0.15, 0.2) is 36.8 Å². The zero-order valence-electron chi connectivity index (χ0n) is 13.2. The number of hydrogen-bond donors (Lipinski definition) is 1. The van der Waals surface area contributed by atoms with Gasteiger partial charge in [0, 0.05) is 33.1 Å². The van der Waals surface area contributed by atoms with E-state index in [4.69, 9.17) is 0 Å². The van der Waals surface area contributed by atoms with Crippen molar-refractivity contribution < 1.29 is 9.59 Å². The summed E-state index contributed by atoms with van der Waals surface area (Å²) in [5, 5.41) is 2.92. The van der Waals surface area contributed by atoms with Crippen LogP contribution in [0.5, 0.6) is 0 Å². The van der Waals surface area contributed by atoms with Crippen molar-refractivity contribution in [1.82, 2.24) is 19.8 Å². The number of hydrogen-bond acceptors (Lipinski definition) is 3. The minimum absolute atomic E-state index is 0.156. The summed E-state index contributed by atoms with van der Waals surface area (Å²) in [6.07, 6.45) is 4.71. The Morgan fingerprint density at radius 2 is 2.09 bits per heavy atom. The number of benzene rings is 1. The van der Waals surface area contributed by atoms with Crippen LogP contribution in [0.25, 0.3) is 0 Å². The molecule has 6 nitrogen and oxygen atoms in total. The minimum atomic E-state index is -0.156. The Labute approximate surface area is 135 Å². The predicted octanol–water partition coefficient (Wildman–Crippen LogP) is 1.47. The zero-order valence-corrected chi connectivity index (χ0v) is 13.2. The summed E-state index contributed by atoms with van der Waals surface area (Å²) >= 11 is 0. The van der Waals surface area contributed by atoms with E-state index in [1.165, 1.54) is 0 Å². The lowest BCUT2D eigenvalue weighted by Gasteiger charge is -2.18. The number of aromatic nitrogens is 2. The van der Waals surface area contributed by atoms with Crippen molar-refractivity contribution >= 4 is 11.8 Å². The molecule has 0 saturated carbocycles. The predicted molar refractivity (Wildman–Crippen MR) is 85.5 cm³/mol. The molecule has 1 aliphatic heterocycles. The summed E-state index contributed by atoms with van der Waals surface area (Å²) in [7, 11) is 1.79. The van der Waals surface area contributed by atoms with E-state index in [1.807, 2.05) is 29.2 Å². The molecule has 1 aromatic heterocycles. The zero-order chi connectivity index (χ0) is 16.2. The minimum Gasteiger partial charge on any atom is -0.347 e. The maximum absolute atomic E-state index is 12.2. The lowest BCUT2D eigenvalue weighted by atomic mass is 10.1. The van der Waals surface area contributed by atoms with Crippen LogP contribution in [-0.2, 0) is 24.9 Å². The molecule has 0 atom stereocenters. The fraction of sp³-hybridized carbons (Fsp3) is 0.353. The van der Waals surface area contributed by atoms with E-state index in [2.05, 4.69) is 10.3 Å². The number of carbonyl (C=O) groups is 2. The topological polar surface area (TPSA) is 67.2 Å². The second-order valence-corrected chi connectivity index (χ2v) is 5.76. The molecule has 0 bridgehead atoms. The first-order chi connectivity index (χ1) is 11.1. The van der Waals surface area contributed by atoms with E-state index in [0.717, 1.165) is 24.1 Å². The van der Waals surface area contributed by atoms with Crippen LogP contribution in [0.4, 0.5) is 0 Å². The second kappa shape index (κ2) is 6.64. The van der Waals surface area contributed by atoms with Crippen molar-refractivity contribution in [3.63, 3.8) is 0 Å². The molecule has 2 heterocycles. The summed E-state index contributed by atoms with van der Waals surface area (Å²) in [5.41, 5.74) is 2.63. The summed E-state index contributed by atoms with van der Waals surface area (Å²) < 4.78 is 1.68. The van der Waals surface area contributed by atoms with Gasteiger partial charge in [0.05, 0.1) is 12.5 Å². The molecule has 0 aliphatic carbocycles. The smallest absolute Gasteiger partial charge is 0.269 e. The van der Waals surface area contributed by atoms with Crippen LogP contribution in [0.1, 0.15) is 34.5 Å². The molecule has 6 heteroatoms.